The van der Waals surface area contributed by atoms with Gasteiger partial charge in [0.15, 0.2) is 0 Å². The average Bonchev–Trinajstić information content (AvgIpc) is 2.42. The van der Waals surface area contributed by atoms with Crippen LogP contribution < -0.4 is 10.5 Å². The first kappa shape index (κ1) is 15.9. The summed E-state index contributed by atoms with van der Waals surface area (Å²) in [5, 5.41) is 0. The van der Waals surface area contributed by atoms with Gasteiger partial charge in [-0.25, -0.2) is 17.5 Å². The third-order valence-electron chi connectivity index (χ3n) is 3.03. The average molecular weight is 373 g/mol. The summed E-state index contributed by atoms with van der Waals surface area (Å²) in [5.41, 5.74) is 7.33. The first-order valence-electron chi connectivity index (χ1n) is 6.09. The standard InChI is InChI=1S/C14H14BrFN2O2S/c1-9-13(17)6-11(15)7-14(9)21(19,20)18-8-10-2-4-12(16)5-3-10/h2-7,18H,8,17H2,1H3. The van der Waals surface area contributed by atoms with E-state index in [1.807, 2.05) is 0 Å². The highest BCUT2D eigenvalue weighted by atomic mass is 79.9. The molecular formula is C14H14BrFN2O2S. The summed E-state index contributed by atoms with van der Waals surface area (Å²) in [5.74, 6) is -0.364. The van der Waals surface area contributed by atoms with E-state index in [0.717, 1.165) is 0 Å². The highest BCUT2D eigenvalue weighted by Crippen LogP contribution is 2.26. The molecule has 3 N–H and O–H groups in total. The van der Waals surface area contributed by atoms with Crippen molar-refractivity contribution in [1.82, 2.24) is 4.72 Å². The minimum absolute atomic E-state index is 0.0778. The van der Waals surface area contributed by atoms with Gasteiger partial charge in [0.2, 0.25) is 10.0 Å². The van der Waals surface area contributed by atoms with Crippen molar-refractivity contribution in [2.24, 2.45) is 0 Å². The maximum absolute atomic E-state index is 12.8. The smallest absolute Gasteiger partial charge is 0.241 e. The molecule has 0 saturated carbocycles. The van der Waals surface area contributed by atoms with Crippen molar-refractivity contribution in [3.63, 3.8) is 0 Å². The third-order valence-corrected chi connectivity index (χ3v) is 5.02. The van der Waals surface area contributed by atoms with Gasteiger partial charge in [0.05, 0.1) is 4.90 Å². The van der Waals surface area contributed by atoms with E-state index in [9.17, 15) is 12.8 Å². The van der Waals surface area contributed by atoms with E-state index in [-0.39, 0.29) is 17.3 Å². The Balaban J connectivity index is 2.25. The van der Waals surface area contributed by atoms with Crippen LogP contribution in [0.1, 0.15) is 11.1 Å². The van der Waals surface area contributed by atoms with Gasteiger partial charge in [-0.3, -0.25) is 0 Å². The van der Waals surface area contributed by atoms with Crippen LogP contribution in [0, 0.1) is 12.7 Å². The second kappa shape index (κ2) is 6.13. The summed E-state index contributed by atoms with van der Waals surface area (Å²) < 4.78 is 40.6. The van der Waals surface area contributed by atoms with Crippen molar-refractivity contribution in [2.75, 3.05) is 5.73 Å². The predicted molar refractivity (Wildman–Crippen MR) is 83.7 cm³/mol. The molecule has 0 spiro atoms. The Morgan fingerprint density at radius 3 is 2.48 bits per heavy atom. The van der Waals surface area contributed by atoms with Gasteiger partial charge in [0.25, 0.3) is 0 Å². The van der Waals surface area contributed by atoms with Gasteiger partial charge in [-0.1, -0.05) is 28.1 Å². The molecule has 0 aliphatic heterocycles. The Morgan fingerprint density at radius 1 is 1.24 bits per heavy atom. The topological polar surface area (TPSA) is 72.2 Å². The predicted octanol–water partition coefficient (Wildman–Crippen LogP) is 2.96. The molecule has 2 aromatic carbocycles. The molecule has 21 heavy (non-hydrogen) atoms. The number of hydrogen-bond donors (Lipinski definition) is 2. The van der Waals surface area contributed by atoms with Crippen molar-refractivity contribution >= 4 is 31.6 Å². The van der Waals surface area contributed by atoms with Gasteiger partial charge < -0.3 is 5.73 Å². The molecule has 0 saturated heterocycles. The highest BCUT2D eigenvalue weighted by molar-refractivity contribution is 9.10. The van der Waals surface area contributed by atoms with E-state index >= 15 is 0 Å². The number of halogens is 2. The fraction of sp³-hybridized carbons (Fsp3) is 0.143. The Hall–Kier alpha value is -1.44. The van der Waals surface area contributed by atoms with Crippen molar-refractivity contribution in [3.05, 3.63) is 57.8 Å². The molecule has 0 aliphatic rings. The molecule has 0 amide bonds. The van der Waals surface area contributed by atoms with Crippen LogP contribution in [0.15, 0.2) is 45.8 Å². The molecule has 0 heterocycles. The van der Waals surface area contributed by atoms with E-state index in [1.54, 1.807) is 13.0 Å². The highest BCUT2D eigenvalue weighted by Gasteiger charge is 2.18. The monoisotopic (exact) mass is 372 g/mol. The van der Waals surface area contributed by atoms with Crippen LogP contribution in [0.4, 0.5) is 10.1 Å². The molecule has 2 rings (SSSR count). The number of sulfonamides is 1. The lowest BCUT2D eigenvalue weighted by molar-refractivity contribution is 0.580. The van der Waals surface area contributed by atoms with Gasteiger partial charge in [0, 0.05) is 16.7 Å². The molecule has 112 valence electrons. The number of nitrogens with two attached hydrogens (primary N) is 1. The molecule has 0 aromatic heterocycles. The van der Waals surface area contributed by atoms with E-state index in [4.69, 9.17) is 5.73 Å². The third kappa shape index (κ3) is 3.81. The van der Waals surface area contributed by atoms with Crippen LogP contribution in [0.25, 0.3) is 0 Å². The van der Waals surface area contributed by atoms with E-state index in [1.165, 1.54) is 30.3 Å². The summed E-state index contributed by atoms with van der Waals surface area (Å²) in [4.78, 5) is 0.122. The fourth-order valence-corrected chi connectivity index (χ4v) is 3.75. The maximum atomic E-state index is 12.8. The van der Waals surface area contributed by atoms with Crippen LogP contribution >= 0.6 is 15.9 Å². The quantitative estimate of drug-likeness (QED) is 0.810. The minimum Gasteiger partial charge on any atom is -0.398 e. The Labute approximate surface area is 131 Å². The van der Waals surface area contributed by atoms with Crippen LogP contribution in [0.5, 0.6) is 0 Å². The lowest BCUT2D eigenvalue weighted by Crippen LogP contribution is -2.24. The molecule has 0 fully saturated rings. The minimum atomic E-state index is -3.70. The molecule has 0 radical (unpaired) electrons. The molecule has 7 heteroatoms. The van der Waals surface area contributed by atoms with Crippen LogP contribution in [-0.4, -0.2) is 8.42 Å². The Kier molecular flexibility index (Phi) is 4.65. The van der Waals surface area contributed by atoms with Crippen molar-refractivity contribution in [2.45, 2.75) is 18.4 Å². The Bertz CT molecular complexity index is 761. The molecule has 0 unspecified atom stereocenters. The van der Waals surface area contributed by atoms with Crippen molar-refractivity contribution in [3.8, 4) is 0 Å². The molecular weight excluding hydrogens is 359 g/mol. The first-order valence-corrected chi connectivity index (χ1v) is 8.37. The number of nitrogens with one attached hydrogen (secondary N) is 1. The normalized spacial score (nSPS) is 11.6. The fourth-order valence-electron chi connectivity index (χ4n) is 1.81. The number of anilines is 1. The largest absolute Gasteiger partial charge is 0.398 e. The SMILES string of the molecule is Cc1c(N)cc(Br)cc1S(=O)(=O)NCc1ccc(F)cc1. The summed E-state index contributed by atoms with van der Waals surface area (Å²) in [6.07, 6.45) is 0. The zero-order chi connectivity index (χ0) is 15.6. The van der Waals surface area contributed by atoms with Gasteiger partial charge in [-0.2, -0.15) is 0 Å². The number of benzene rings is 2. The zero-order valence-corrected chi connectivity index (χ0v) is 13.6. The van der Waals surface area contributed by atoms with Gasteiger partial charge in [-0.15, -0.1) is 0 Å². The second-order valence-electron chi connectivity index (χ2n) is 4.57. The summed E-state index contributed by atoms with van der Waals surface area (Å²) in [6, 6.07) is 8.77. The number of rotatable bonds is 4. The molecule has 4 nitrogen and oxygen atoms in total. The van der Waals surface area contributed by atoms with Crippen molar-refractivity contribution in [1.29, 1.82) is 0 Å². The van der Waals surface area contributed by atoms with Gasteiger partial charge in [-0.05, 0) is 42.3 Å². The molecule has 0 atom stereocenters. The number of nitrogen functional groups attached to an aromatic ring is 1. The van der Waals surface area contributed by atoms with E-state index < -0.39 is 10.0 Å². The first-order chi connectivity index (χ1) is 9.79. The molecule has 0 aliphatic carbocycles. The summed E-state index contributed by atoms with van der Waals surface area (Å²) in [7, 11) is -3.70. The zero-order valence-electron chi connectivity index (χ0n) is 11.2. The van der Waals surface area contributed by atoms with Crippen LogP contribution in [0.3, 0.4) is 0 Å². The Morgan fingerprint density at radius 2 is 1.86 bits per heavy atom. The van der Waals surface area contributed by atoms with Crippen molar-refractivity contribution < 1.29 is 12.8 Å². The van der Waals surface area contributed by atoms with Crippen LogP contribution in [-0.2, 0) is 16.6 Å². The summed E-state index contributed by atoms with van der Waals surface area (Å²) >= 11 is 3.23. The maximum Gasteiger partial charge on any atom is 0.241 e. The second-order valence-corrected chi connectivity index (χ2v) is 7.22. The van der Waals surface area contributed by atoms with E-state index in [2.05, 4.69) is 20.7 Å². The summed E-state index contributed by atoms with van der Waals surface area (Å²) in [6.45, 7) is 1.72. The molecule has 0 bridgehead atoms. The van der Waals surface area contributed by atoms with Gasteiger partial charge >= 0.3 is 0 Å². The van der Waals surface area contributed by atoms with Crippen LogP contribution in [0.2, 0.25) is 0 Å². The lowest BCUT2D eigenvalue weighted by Gasteiger charge is -2.12. The lowest BCUT2D eigenvalue weighted by atomic mass is 10.2. The van der Waals surface area contributed by atoms with Gasteiger partial charge in [0.1, 0.15) is 5.82 Å². The van der Waals surface area contributed by atoms with E-state index in [0.29, 0.717) is 21.3 Å². The molecule has 2 aromatic rings. The number of hydrogen-bond acceptors (Lipinski definition) is 3.